The second-order valence-corrected chi connectivity index (χ2v) is 7.92. The molecule has 5 nitrogen and oxygen atoms in total. The van der Waals surface area contributed by atoms with Gasteiger partial charge in [-0.3, -0.25) is 14.5 Å². The summed E-state index contributed by atoms with van der Waals surface area (Å²) in [6.07, 6.45) is 1.15. The van der Waals surface area contributed by atoms with E-state index < -0.39 is 0 Å². The van der Waals surface area contributed by atoms with E-state index >= 15 is 0 Å². The van der Waals surface area contributed by atoms with Gasteiger partial charge in [-0.2, -0.15) is 0 Å². The fourth-order valence-electron chi connectivity index (χ4n) is 2.75. The number of aryl methyl sites for hydroxylation is 1. The molecule has 2 amide bonds. The number of amides is 2. The zero-order valence-electron chi connectivity index (χ0n) is 15.7. The lowest BCUT2D eigenvalue weighted by atomic mass is 10.2. The van der Waals surface area contributed by atoms with E-state index in [4.69, 9.17) is 11.6 Å². The van der Waals surface area contributed by atoms with Crippen LogP contribution in [-0.4, -0.2) is 40.7 Å². The minimum Gasteiger partial charge on any atom is -0.352 e. The van der Waals surface area contributed by atoms with Crippen molar-refractivity contribution in [3.63, 3.8) is 0 Å². The fourth-order valence-corrected chi connectivity index (χ4v) is 3.90. The zero-order chi connectivity index (χ0) is 19.9. The quantitative estimate of drug-likeness (QED) is 0.786. The summed E-state index contributed by atoms with van der Waals surface area (Å²) in [5.74, 6) is 0.703. The minimum absolute atomic E-state index is 0.0440. The molecule has 0 saturated carbocycles. The van der Waals surface area contributed by atoms with Gasteiger partial charge in [0.15, 0.2) is 5.17 Å². The molecule has 146 valence electrons. The highest BCUT2D eigenvalue weighted by atomic mass is 35.5. The Labute approximate surface area is 174 Å². The van der Waals surface area contributed by atoms with Crippen LogP contribution < -0.4 is 5.32 Å². The maximum Gasteiger partial charge on any atom is 0.251 e. The molecular formula is C21H22ClN3O2S. The van der Waals surface area contributed by atoms with Crippen LogP contribution in [0.3, 0.4) is 0 Å². The van der Waals surface area contributed by atoms with Gasteiger partial charge in [-0.15, -0.1) is 0 Å². The maximum atomic E-state index is 12.7. The third-order valence-corrected chi connectivity index (χ3v) is 5.80. The zero-order valence-corrected chi connectivity index (χ0v) is 17.2. The Hall–Kier alpha value is -2.31. The van der Waals surface area contributed by atoms with Gasteiger partial charge in [0.2, 0.25) is 5.91 Å². The molecule has 28 heavy (non-hydrogen) atoms. The highest BCUT2D eigenvalue weighted by Crippen LogP contribution is 2.26. The molecule has 1 heterocycles. The Morgan fingerprint density at radius 2 is 2.00 bits per heavy atom. The molecule has 2 aromatic carbocycles. The Morgan fingerprint density at radius 1 is 1.21 bits per heavy atom. The Kier molecular flexibility index (Phi) is 7.12. The number of aliphatic imine (C=N–C) groups is 1. The Balaban J connectivity index is 1.61. The third kappa shape index (κ3) is 5.36. The molecule has 0 spiro atoms. The summed E-state index contributed by atoms with van der Waals surface area (Å²) in [5.41, 5.74) is 2.31. The monoisotopic (exact) mass is 415 g/mol. The van der Waals surface area contributed by atoms with E-state index in [1.54, 1.807) is 28.8 Å². The first-order valence-electron chi connectivity index (χ1n) is 9.16. The SMILES string of the molecule is Cc1ccc(N=C2SCCCN2C(=O)CCNC(=O)c2ccccc2)cc1Cl. The molecule has 0 aromatic heterocycles. The van der Waals surface area contributed by atoms with Gasteiger partial charge in [0, 0.05) is 35.8 Å². The molecule has 1 saturated heterocycles. The van der Waals surface area contributed by atoms with Crippen molar-refractivity contribution in [1.29, 1.82) is 0 Å². The second kappa shape index (κ2) is 9.75. The summed E-state index contributed by atoms with van der Waals surface area (Å²) in [4.78, 5) is 31.1. The van der Waals surface area contributed by atoms with Gasteiger partial charge in [-0.25, -0.2) is 4.99 Å². The van der Waals surface area contributed by atoms with Crippen LogP contribution in [0.4, 0.5) is 5.69 Å². The smallest absolute Gasteiger partial charge is 0.251 e. The van der Waals surface area contributed by atoms with E-state index in [9.17, 15) is 9.59 Å². The van der Waals surface area contributed by atoms with Gasteiger partial charge >= 0.3 is 0 Å². The van der Waals surface area contributed by atoms with Crippen molar-refractivity contribution in [2.75, 3.05) is 18.8 Å². The minimum atomic E-state index is -0.176. The molecule has 1 aliphatic heterocycles. The van der Waals surface area contributed by atoms with Gasteiger partial charge in [-0.05, 0) is 43.2 Å². The second-order valence-electron chi connectivity index (χ2n) is 6.45. The van der Waals surface area contributed by atoms with E-state index in [0.717, 1.165) is 23.4 Å². The lowest BCUT2D eigenvalue weighted by Crippen LogP contribution is -2.40. The molecule has 7 heteroatoms. The van der Waals surface area contributed by atoms with E-state index in [1.165, 1.54) is 0 Å². The summed E-state index contributed by atoms with van der Waals surface area (Å²) in [7, 11) is 0. The molecule has 0 unspecified atom stereocenters. The number of hydrogen-bond acceptors (Lipinski definition) is 4. The summed E-state index contributed by atoms with van der Waals surface area (Å²) in [6, 6.07) is 14.6. The average Bonchev–Trinajstić information content (AvgIpc) is 2.71. The third-order valence-electron chi connectivity index (χ3n) is 4.33. The van der Waals surface area contributed by atoms with E-state index in [1.807, 2.05) is 43.3 Å². The molecule has 0 aliphatic carbocycles. The molecule has 3 rings (SSSR count). The van der Waals surface area contributed by atoms with Crippen LogP contribution in [0.2, 0.25) is 5.02 Å². The summed E-state index contributed by atoms with van der Waals surface area (Å²) in [6.45, 7) is 2.86. The standard InChI is InChI=1S/C21H22ClN3O2S/c1-15-8-9-17(14-18(15)22)24-21-25(12-5-13-28-21)19(26)10-11-23-20(27)16-6-3-2-4-7-16/h2-4,6-9,14H,5,10-13H2,1H3,(H,23,27). The van der Waals surface area contributed by atoms with Crippen molar-refractivity contribution in [1.82, 2.24) is 10.2 Å². The van der Waals surface area contributed by atoms with Crippen LogP contribution in [0, 0.1) is 6.92 Å². The first-order valence-corrected chi connectivity index (χ1v) is 10.5. The number of amidine groups is 1. The van der Waals surface area contributed by atoms with Gasteiger partial charge < -0.3 is 5.32 Å². The largest absolute Gasteiger partial charge is 0.352 e. The lowest BCUT2D eigenvalue weighted by molar-refractivity contribution is -0.127. The van der Waals surface area contributed by atoms with Crippen LogP contribution in [-0.2, 0) is 4.79 Å². The van der Waals surface area contributed by atoms with Crippen molar-refractivity contribution in [2.24, 2.45) is 4.99 Å². The molecule has 1 aliphatic rings. The molecule has 0 bridgehead atoms. The number of carbonyl (C=O) groups is 2. The summed E-state index contributed by atoms with van der Waals surface area (Å²) in [5, 5.41) is 4.14. The number of halogens is 1. The van der Waals surface area contributed by atoms with E-state index in [0.29, 0.717) is 22.3 Å². The first-order chi connectivity index (χ1) is 13.5. The van der Waals surface area contributed by atoms with Gasteiger partial charge in [-0.1, -0.05) is 47.6 Å². The van der Waals surface area contributed by atoms with E-state index in [-0.39, 0.29) is 24.8 Å². The predicted octanol–water partition coefficient (Wildman–Crippen LogP) is 4.42. The Morgan fingerprint density at radius 3 is 2.75 bits per heavy atom. The van der Waals surface area contributed by atoms with Crippen LogP contribution in [0.1, 0.15) is 28.8 Å². The average molecular weight is 416 g/mol. The molecule has 1 fully saturated rings. The van der Waals surface area contributed by atoms with Crippen molar-refractivity contribution in [2.45, 2.75) is 19.8 Å². The van der Waals surface area contributed by atoms with Gasteiger partial charge in [0.25, 0.3) is 5.91 Å². The lowest BCUT2D eigenvalue weighted by Gasteiger charge is -2.28. The number of benzene rings is 2. The molecule has 1 N–H and O–H groups in total. The topological polar surface area (TPSA) is 61.8 Å². The van der Waals surface area contributed by atoms with Crippen molar-refractivity contribution in [3.05, 3.63) is 64.7 Å². The van der Waals surface area contributed by atoms with Crippen LogP contribution >= 0.6 is 23.4 Å². The number of hydrogen-bond donors (Lipinski definition) is 1. The summed E-state index contributed by atoms with van der Waals surface area (Å²) < 4.78 is 0. The van der Waals surface area contributed by atoms with E-state index in [2.05, 4.69) is 10.3 Å². The van der Waals surface area contributed by atoms with Gasteiger partial charge in [0.05, 0.1) is 5.69 Å². The van der Waals surface area contributed by atoms with Crippen LogP contribution in [0.25, 0.3) is 0 Å². The van der Waals surface area contributed by atoms with Gasteiger partial charge in [0.1, 0.15) is 0 Å². The number of nitrogens with zero attached hydrogens (tertiary/aromatic N) is 2. The fraction of sp³-hybridized carbons (Fsp3) is 0.286. The number of carbonyl (C=O) groups excluding carboxylic acids is 2. The maximum absolute atomic E-state index is 12.7. The Bertz CT molecular complexity index is 886. The van der Waals surface area contributed by atoms with Crippen molar-refractivity contribution >= 4 is 46.0 Å². The number of nitrogens with one attached hydrogen (secondary N) is 1. The molecule has 2 aromatic rings. The van der Waals surface area contributed by atoms with Crippen molar-refractivity contribution < 1.29 is 9.59 Å². The molecule has 0 radical (unpaired) electrons. The van der Waals surface area contributed by atoms with Crippen molar-refractivity contribution in [3.8, 4) is 0 Å². The summed E-state index contributed by atoms with van der Waals surface area (Å²) >= 11 is 7.75. The molecular weight excluding hydrogens is 394 g/mol. The normalized spacial score (nSPS) is 15.5. The highest BCUT2D eigenvalue weighted by molar-refractivity contribution is 8.13. The molecule has 0 atom stereocenters. The van der Waals surface area contributed by atoms with Crippen LogP contribution in [0.5, 0.6) is 0 Å². The first kappa shape index (κ1) is 20.4. The predicted molar refractivity (Wildman–Crippen MR) is 115 cm³/mol. The van der Waals surface area contributed by atoms with Crippen LogP contribution in [0.15, 0.2) is 53.5 Å². The number of rotatable bonds is 5. The number of thioether (sulfide) groups is 1. The highest BCUT2D eigenvalue weighted by Gasteiger charge is 2.23.